The molecule has 1 aromatic carbocycles. The van der Waals surface area contributed by atoms with Gasteiger partial charge in [0.2, 0.25) is 0 Å². The van der Waals surface area contributed by atoms with Gasteiger partial charge in [0.1, 0.15) is 0 Å². The highest BCUT2D eigenvalue weighted by atomic mass is 32.2. The molecule has 22 heavy (non-hydrogen) atoms. The molecular weight excluding hydrogens is 298 g/mol. The van der Waals surface area contributed by atoms with Crippen molar-refractivity contribution in [3.63, 3.8) is 0 Å². The quantitative estimate of drug-likeness (QED) is 0.878. The van der Waals surface area contributed by atoms with E-state index in [2.05, 4.69) is 11.4 Å². The molecule has 120 valence electrons. The van der Waals surface area contributed by atoms with Gasteiger partial charge in [0, 0.05) is 26.2 Å². The summed E-state index contributed by atoms with van der Waals surface area (Å²) in [6.07, 6.45) is 1.80. The molecule has 3 aliphatic heterocycles. The van der Waals surface area contributed by atoms with Gasteiger partial charge in [-0.3, -0.25) is 0 Å². The second-order valence-corrected chi connectivity index (χ2v) is 8.61. The van der Waals surface area contributed by atoms with Crippen LogP contribution in [0.25, 0.3) is 0 Å². The lowest BCUT2D eigenvalue weighted by Crippen LogP contribution is -2.50. The number of hydrogen-bond acceptors (Lipinski definition) is 3. The van der Waals surface area contributed by atoms with Crippen molar-refractivity contribution in [3.05, 3.63) is 35.4 Å². The Hall–Kier alpha value is -0.950. The lowest BCUT2D eigenvalue weighted by atomic mass is 9.90. The van der Waals surface area contributed by atoms with Gasteiger partial charge in [-0.1, -0.05) is 24.3 Å². The van der Waals surface area contributed by atoms with E-state index in [0.29, 0.717) is 38.0 Å². The molecule has 0 aliphatic carbocycles. The van der Waals surface area contributed by atoms with E-state index in [9.17, 15) is 8.42 Å². The van der Waals surface area contributed by atoms with Crippen molar-refractivity contribution in [2.24, 2.45) is 11.8 Å². The van der Waals surface area contributed by atoms with E-state index < -0.39 is 10.2 Å². The van der Waals surface area contributed by atoms with Gasteiger partial charge in [-0.2, -0.15) is 17.0 Å². The number of rotatable bonds is 2. The molecule has 5 nitrogen and oxygen atoms in total. The van der Waals surface area contributed by atoms with Crippen molar-refractivity contribution in [1.82, 2.24) is 13.9 Å². The maximum atomic E-state index is 13.0. The number of hydrogen-bond donors (Lipinski definition) is 1. The van der Waals surface area contributed by atoms with Crippen LogP contribution in [0.2, 0.25) is 0 Å². The first-order valence-electron chi connectivity index (χ1n) is 8.17. The second-order valence-electron chi connectivity index (χ2n) is 6.69. The van der Waals surface area contributed by atoms with Crippen LogP contribution in [0.5, 0.6) is 0 Å². The van der Waals surface area contributed by atoms with Gasteiger partial charge in [-0.15, -0.1) is 0 Å². The van der Waals surface area contributed by atoms with Crippen molar-refractivity contribution >= 4 is 10.2 Å². The van der Waals surface area contributed by atoms with Gasteiger partial charge < -0.3 is 5.32 Å². The predicted molar refractivity (Wildman–Crippen MR) is 85.5 cm³/mol. The normalized spacial score (nSPS) is 30.0. The minimum Gasteiger partial charge on any atom is -0.316 e. The largest absolute Gasteiger partial charge is 0.316 e. The monoisotopic (exact) mass is 321 g/mol. The van der Waals surface area contributed by atoms with Gasteiger partial charge in [0.25, 0.3) is 10.2 Å². The van der Waals surface area contributed by atoms with Crippen LogP contribution >= 0.6 is 0 Å². The van der Waals surface area contributed by atoms with Crippen LogP contribution < -0.4 is 5.32 Å². The molecule has 1 aromatic rings. The summed E-state index contributed by atoms with van der Waals surface area (Å²) in [5.41, 5.74) is 2.43. The maximum Gasteiger partial charge on any atom is 0.282 e. The van der Waals surface area contributed by atoms with E-state index in [4.69, 9.17) is 0 Å². The molecule has 0 aromatic heterocycles. The number of fused-ring (bicyclic) bond motifs is 2. The first-order valence-corrected chi connectivity index (χ1v) is 9.57. The molecule has 2 saturated heterocycles. The van der Waals surface area contributed by atoms with E-state index in [1.807, 2.05) is 18.2 Å². The smallest absolute Gasteiger partial charge is 0.282 e. The molecule has 0 bridgehead atoms. The highest BCUT2D eigenvalue weighted by molar-refractivity contribution is 7.86. The number of nitrogens with one attached hydrogen (secondary N) is 1. The number of nitrogens with zero attached hydrogens (tertiary/aromatic N) is 2. The number of piperidine rings is 1. The first-order chi connectivity index (χ1) is 10.6. The third kappa shape index (κ3) is 2.48. The van der Waals surface area contributed by atoms with Crippen molar-refractivity contribution < 1.29 is 8.42 Å². The third-order valence-corrected chi connectivity index (χ3v) is 7.36. The molecule has 3 heterocycles. The maximum absolute atomic E-state index is 13.0. The van der Waals surface area contributed by atoms with Gasteiger partial charge in [-0.25, -0.2) is 0 Å². The zero-order valence-electron chi connectivity index (χ0n) is 12.7. The summed E-state index contributed by atoms with van der Waals surface area (Å²) < 4.78 is 29.3. The Bertz CT molecular complexity index is 661. The van der Waals surface area contributed by atoms with Crippen LogP contribution in [0.4, 0.5) is 0 Å². The lowest BCUT2D eigenvalue weighted by molar-refractivity contribution is 0.212. The Morgan fingerprint density at radius 1 is 1.00 bits per heavy atom. The standard InChI is InChI=1S/C16H23N3O2S/c20-22(21,19-8-6-14-9-17-10-16(14)12-19)18-7-5-13-3-1-2-4-15(13)11-18/h1-4,14,16-17H,5-12H2. The summed E-state index contributed by atoms with van der Waals surface area (Å²) in [7, 11) is -3.33. The molecule has 2 unspecified atom stereocenters. The third-order valence-electron chi connectivity index (χ3n) is 5.42. The van der Waals surface area contributed by atoms with E-state index in [1.54, 1.807) is 8.61 Å². The summed E-state index contributed by atoms with van der Waals surface area (Å²) in [6.45, 7) is 4.47. The van der Waals surface area contributed by atoms with Crippen molar-refractivity contribution in [2.45, 2.75) is 19.4 Å². The Morgan fingerprint density at radius 2 is 1.77 bits per heavy atom. The van der Waals surface area contributed by atoms with Crippen LogP contribution in [-0.4, -0.2) is 49.8 Å². The van der Waals surface area contributed by atoms with Crippen molar-refractivity contribution in [1.29, 1.82) is 0 Å². The fourth-order valence-corrected chi connectivity index (χ4v) is 5.71. The Labute approximate surface area is 132 Å². The van der Waals surface area contributed by atoms with Crippen molar-refractivity contribution in [3.8, 4) is 0 Å². The fraction of sp³-hybridized carbons (Fsp3) is 0.625. The summed E-state index contributed by atoms with van der Waals surface area (Å²) in [5, 5.41) is 3.39. The molecule has 4 rings (SSSR count). The SMILES string of the molecule is O=S(=O)(N1CCc2ccccc2C1)N1CCC2CNCC2C1. The number of benzene rings is 1. The topological polar surface area (TPSA) is 52.7 Å². The summed E-state index contributed by atoms with van der Waals surface area (Å²) in [6, 6.07) is 8.17. The van der Waals surface area contributed by atoms with E-state index >= 15 is 0 Å². The van der Waals surface area contributed by atoms with Crippen LogP contribution in [0, 0.1) is 11.8 Å². The zero-order valence-corrected chi connectivity index (χ0v) is 13.6. The minimum absolute atomic E-state index is 0.487. The predicted octanol–water partition coefficient (Wildman–Crippen LogP) is 0.831. The lowest BCUT2D eigenvalue weighted by Gasteiger charge is -2.38. The van der Waals surface area contributed by atoms with E-state index in [0.717, 1.165) is 31.5 Å². The molecule has 0 spiro atoms. The summed E-state index contributed by atoms with van der Waals surface area (Å²) in [5.74, 6) is 1.15. The van der Waals surface area contributed by atoms with Crippen molar-refractivity contribution in [2.75, 3.05) is 32.7 Å². The minimum atomic E-state index is -3.33. The summed E-state index contributed by atoms with van der Waals surface area (Å²) >= 11 is 0. The average molecular weight is 321 g/mol. The summed E-state index contributed by atoms with van der Waals surface area (Å²) in [4.78, 5) is 0. The van der Waals surface area contributed by atoms with Crippen LogP contribution in [0.15, 0.2) is 24.3 Å². The zero-order chi connectivity index (χ0) is 15.2. The van der Waals surface area contributed by atoms with Gasteiger partial charge in [0.05, 0.1) is 0 Å². The molecule has 0 radical (unpaired) electrons. The first kappa shape index (κ1) is 14.6. The molecular formula is C16H23N3O2S. The van der Waals surface area contributed by atoms with E-state index in [1.165, 1.54) is 5.56 Å². The average Bonchev–Trinajstić information content (AvgIpc) is 3.02. The molecule has 6 heteroatoms. The van der Waals surface area contributed by atoms with Gasteiger partial charge >= 0.3 is 0 Å². The Kier molecular flexibility index (Phi) is 3.72. The van der Waals surface area contributed by atoms with Gasteiger partial charge in [0.15, 0.2) is 0 Å². The Balaban J connectivity index is 1.52. The molecule has 2 fully saturated rings. The van der Waals surface area contributed by atoms with Crippen LogP contribution in [0.1, 0.15) is 17.5 Å². The van der Waals surface area contributed by atoms with Crippen LogP contribution in [-0.2, 0) is 23.2 Å². The fourth-order valence-electron chi connectivity index (χ4n) is 4.04. The molecule has 3 aliphatic rings. The highest BCUT2D eigenvalue weighted by Gasteiger charge is 2.40. The highest BCUT2D eigenvalue weighted by Crippen LogP contribution is 2.30. The molecule has 2 atom stereocenters. The molecule has 0 amide bonds. The second kappa shape index (κ2) is 5.60. The van der Waals surface area contributed by atoms with Crippen LogP contribution in [0.3, 0.4) is 0 Å². The molecule has 1 N–H and O–H groups in total. The van der Waals surface area contributed by atoms with E-state index in [-0.39, 0.29) is 0 Å². The Morgan fingerprint density at radius 3 is 2.64 bits per heavy atom. The van der Waals surface area contributed by atoms with Gasteiger partial charge in [-0.05, 0) is 48.9 Å². The molecule has 0 saturated carbocycles.